The van der Waals surface area contributed by atoms with E-state index in [1.165, 1.54) is 24.3 Å². The van der Waals surface area contributed by atoms with Crippen LogP contribution in [-0.2, 0) is 4.79 Å². The number of ketones is 1. The van der Waals surface area contributed by atoms with Gasteiger partial charge >= 0.3 is 0 Å². The predicted octanol–water partition coefficient (Wildman–Crippen LogP) is 3.19. The molecule has 1 unspecified atom stereocenters. The number of nitrogens with zero attached hydrogens (tertiary/aromatic N) is 1. The first-order chi connectivity index (χ1) is 7.69. The van der Waals surface area contributed by atoms with E-state index in [2.05, 4.69) is 0 Å². The summed E-state index contributed by atoms with van der Waals surface area (Å²) in [7, 11) is 0. The Labute approximate surface area is 94.7 Å². The van der Waals surface area contributed by atoms with Crippen molar-refractivity contribution < 1.29 is 9.18 Å². The number of carbonyl (C=O) groups excluding carboxylic acids is 1. The van der Waals surface area contributed by atoms with Crippen molar-refractivity contribution in [3.8, 4) is 6.07 Å². The highest BCUT2D eigenvalue weighted by Crippen LogP contribution is 2.19. The zero-order valence-electron chi connectivity index (χ0n) is 9.24. The third-order valence-corrected chi connectivity index (χ3v) is 2.43. The minimum atomic E-state index is -0.757. The van der Waals surface area contributed by atoms with Gasteiger partial charge in [-0.3, -0.25) is 4.79 Å². The average Bonchev–Trinajstić information content (AvgIpc) is 2.30. The molecule has 0 N–H and O–H groups in total. The Morgan fingerprint density at radius 3 is 2.56 bits per heavy atom. The smallest absolute Gasteiger partial charge is 0.154 e. The van der Waals surface area contributed by atoms with Crippen LogP contribution < -0.4 is 0 Å². The molecular formula is C13H14FNO. The van der Waals surface area contributed by atoms with Crippen molar-refractivity contribution in [2.45, 2.75) is 32.1 Å². The second-order valence-corrected chi connectivity index (χ2v) is 3.68. The Balaban J connectivity index is 2.79. The summed E-state index contributed by atoms with van der Waals surface area (Å²) in [6.45, 7) is 1.99. The van der Waals surface area contributed by atoms with Crippen molar-refractivity contribution in [1.29, 1.82) is 5.26 Å². The molecule has 0 saturated carbocycles. The standard InChI is InChI=1S/C13H14FNO/c1-2-3-4-13(16)12(9-15)10-5-7-11(14)8-6-10/h5-8,12H,2-4H2,1H3. The van der Waals surface area contributed by atoms with E-state index in [9.17, 15) is 9.18 Å². The van der Waals surface area contributed by atoms with Crippen LogP contribution in [0.15, 0.2) is 24.3 Å². The van der Waals surface area contributed by atoms with E-state index in [1.54, 1.807) is 0 Å². The Hall–Kier alpha value is -1.69. The SMILES string of the molecule is CCCCC(=O)C(C#N)c1ccc(F)cc1. The Morgan fingerprint density at radius 2 is 2.06 bits per heavy atom. The summed E-state index contributed by atoms with van der Waals surface area (Å²) in [5.41, 5.74) is 0.574. The van der Waals surface area contributed by atoms with Gasteiger partial charge in [-0.1, -0.05) is 25.5 Å². The van der Waals surface area contributed by atoms with Crippen LogP contribution in [0, 0.1) is 17.1 Å². The molecule has 0 spiro atoms. The number of nitriles is 1. The van der Waals surface area contributed by atoms with Gasteiger partial charge in [0, 0.05) is 6.42 Å². The van der Waals surface area contributed by atoms with E-state index in [0.29, 0.717) is 12.0 Å². The van der Waals surface area contributed by atoms with E-state index < -0.39 is 5.92 Å². The molecule has 1 aromatic rings. The van der Waals surface area contributed by atoms with Crippen molar-refractivity contribution in [1.82, 2.24) is 0 Å². The highest BCUT2D eigenvalue weighted by molar-refractivity contribution is 5.88. The fraction of sp³-hybridized carbons (Fsp3) is 0.385. The molecule has 0 aliphatic rings. The van der Waals surface area contributed by atoms with Crippen molar-refractivity contribution in [2.75, 3.05) is 0 Å². The summed E-state index contributed by atoms with van der Waals surface area (Å²) < 4.78 is 12.7. The monoisotopic (exact) mass is 219 g/mol. The molecule has 1 atom stereocenters. The van der Waals surface area contributed by atoms with Crippen LogP contribution in [0.5, 0.6) is 0 Å². The summed E-state index contributed by atoms with van der Waals surface area (Å²) in [6.07, 6.45) is 2.12. The van der Waals surface area contributed by atoms with Crippen LogP contribution >= 0.6 is 0 Å². The van der Waals surface area contributed by atoms with Crippen LogP contribution in [0.3, 0.4) is 0 Å². The zero-order chi connectivity index (χ0) is 12.0. The molecule has 0 bridgehead atoms. The first-order valence-electron chi connectivity index (χ1n) is 5.36. The number of carbonyl (C=O) groups is 1. The van der Waals surface area contributed by atoms with Crippen LogP contribution in [0.1, 0.15) is 37.7 Å². The number of halogens is 1. The predicted molar refractivity (Wildman–Crippen MR) is 59.3 cm³/mol. The minimum absolute atomic E-state index is 0.0871. The molecule has 0 aliphatic carbocycles. The molecular weight excluding hydrogens is 205 g/mol. The van der Waals surface area contributed by atoms with Crippen molar-refractivity contribution >= 4 is 5.78 Å². The number of rotatable bonds is 5. The Morgan fingerprint density at radius 1 is 1.44 bits per heavy atom. The summed E-state index contributed by atoms with van der Waals surface area (Å²) in [5, 5.41) is 8.95. The lowest BCUT2D eigenvalue weighted by Crippen LogP contribution is -2.10. The van der Waals surface area contributed by atoms with Gasteiger partial charge in [-0.05, 0) is 24.1 Å². The zero-order valence-corrected chi connectivity index (χ0v) is 9.24. The van der Waals surface area contributed by atoms with Crippen molar-refractivity contribution in [3.05, 3.63) is 35.6 Å². The summed E-state index contributed by atoms with van der Waals surface area (Å²) in [5.74, 6) is -1.20. The topological polar surface area (TPSA) is 40.9 Å². The fourth-order valence-electron chi connectivity index (χ4n) is 1.48. The van der Waals surface area contributed by atoms with Gasteiger partial charge in [-0.15, -0.1) is 0 Å². The Kier molecular flexibility index (Phi) is 4.65. The maximum absolute atomic E-state index is 12.7. The second-order valence-electron chi connectivity index (χ2n) is 3.68. The van der Waals surface area contributed by atoms with Gasteiger partial charge in [0.05, 0.1) is 6.07 Å². The van der Waals surface area contributed by atoms with Crippen LogP contribution in [0.25, 0.3) is 0 Å². The van der Waals surface area contributed by atoms with Gasteiger partial charge < -0.3 is 0 Å². The molecule has 0 amide bonds. The third kappa shape index (κ3) is 3.16. The quantitative estimate of drug-likeness (QED) is 0.763. The van der Waals surface area contributed by atoms with E-state index in [4.69, 9.17) is 5.26 Å². The molecule has 0 aliphatic heterocycles. The number of Topliss-reactive ketones (excluding diaryl/α,β-unsaturated/α-hetero) is 1. The number of hydrogen-bond acceptors (Lipinski definition) is 2. The molecule has 0 heterocycles. The lowest BCUT2D eigenvalue weighted by molar-refractivity contribution is -0.119. The first kappa shape index (κ1) is 12.4. The molecule has 0 fully saturated rings. The summed E-state index contributed by atoms with van der Waals surface area (Å²) in [6, 6.07) is 7.50. The van der Waals surface area contributed by atoms with E-state index in [1.807, 2.05) is 13.0 Å². The molecule has 1 aromatic carbocycles. The first-order valence-corrected chi connectivity index (χ1v) is 5.36. The lowest BCUT2D eigenvalue weighted by Gasteiger charge is -2.07. The van der Waals surface area contributed by atoms with Crippen LogP contribution in [0.2, 0.25) is 0 Å². The number of benzene rings is 1. The van der Waals surface area contributed by atoms with Gasteiger partial charge in [0.15, 0.2) is 5.78 Å². The minimum Gasteiger partial charge on any atom is -0.298 e. The molecule has 0 saturated heterocycles. The number of unbranched alkanes of at least 4 members (excludes halogenated alkanes) is 1. The van der Waals surface area contributed by atoms with Crippen molar-refractivity contribution in [2.24, 2.45) is 0 Å². The summed E-state index contributed by atoms with van der Waals surface area (Å²) >= 11 is 0. The molecule has 2 nitrogen and oxygen atoms in total. The normalized spacial score (nSPS) is 11.8. The van der Waals surface area contributed by atoms with Crippen molar-refractivity contribution in [3.63, 3.8) is 0 Å². The van der Waals surface area contributed by atoms with Gasteiger partial charge in [-0.25, -0.2) is 4.39 Å². The molecule has 1 rings (SSSR count). The highest BCUT2D eigenvalue weighted by Gasteiger charge is 2.19. The molecule has 16 heavy (non-hydrogen) atoms. The van der Waals surface area contributed by atoms with E-state index >= 15 is 0 Å². The lowest BCUT2D eigenvalue weighted by atomic mass is 9.93. The molecule has 0 aromatic heterocycles. The molecule has 3 heteroatoms. The van der Waals surface area contributed by atoms with Gasteiger partial charge in [-0.2, -0.15) is 5.26 Å². The van der Waals surface area contributed by atoms with Gasteiger partial charge in [0.2, 0.25) is 0 Å². The third-order valence-electron chi connectivity index (χ3n) is 2.43. The van der Waals surface area contributed by atoms with Gasteiger partial charge in [0.1, 0.15) is 11.7 Å². The van der Waals surface area contributed by atoms with Crippen LogP contribution in [-0.4, -0.2) is 5.78 Å². The van der Waals surface area contributed by atoms with Gasteiger partial charge in [0.25, 0.3) is 0 Å². The maximum Gasteiger partial charge on any atom is 0.154 e. The Bertz CT molecular complexity index is 391. The molecule has 84 valence electrons. The maximum atomic E-state index is 12.7. The van der Waals surface area contributed by atoms with Crippen LogP contribution in [0.4, 0.5) is 4.39 Å². The average molecular weight is 219 g/mol. The summed E-state index contributed by atoms with van der Waals surface area (Å²) in [4.78, 5) is 11.7. The van der Waals surface area contributed by atoms with E-state index in [0.717, 1.165) is 12.8 Å². The van der Waals surface area contributed by atoms with E-state index in [-0.39, 0.29) is 11.6 Å². The second kappa shape index (κ2) is 6.02. The fourth-order valence-corrected chi connectivity index (χ4v) is 1.48. The highest BCUT2D eigenvalue weighted by atomic mass is 19.1. The molecule has 0 radical (unpaired) electrons. The largest absolute Gasteiger partial charge is 0.298 e. The number of hydrogen-bond donors (Lipinski definition) is 0.